The van der Waals surface area contributed by atoms with E-state index in [9.17, 15) is 14.7 Å². The van der Waals surface area contributed by atoms with E-state index in [0.29, 0.717) is 0 Å². The molecule has 0 saturated carbocycles. The Morgan fingerprint density at radius 1 is 1.29 bits per heavy atom. The summed E-state index contributed by atoms with van der Waals surface area (Å²) in [6.07, 6.45) is 0.0741. The minimum absolute atomic E-state index is 0.0741. The van der Waals surface area contributed by atoms with Gasteiger partial charge in [0.05, 0.1) is 12.0 Å². The molecule has 1 saturated heterocycles. The molecule has 4 nitrogen and oxygen atoms in total. The van der Waals surface area contributed by atoms with Crippen LogP contribution in [0.1, 0.15) is 49.9 Å². The average molecular weight is 289 g/mol. The summed E-state index contributed by atoms with van der Waals surface area (Å²) < 4.78 is 0. The molecule has 0 spiro atoms. The largest absolute Gasteiger partial charge is 0.481 e. The van der Waals surface area contributed by atoms with Gasteiger partial charge in [-0.05, 0) is 51.3 Å². The zero-order valence-corrected chi connectivity index (χ0v) is 13.3. The van der Waals surface area contributed by atoms with Gasteiger partial charge in [0.15, 0.2) is 0 Å². The highest BCUT2D eigenvalue weighted by Crippen LogP contribution is 2.43. The molecule has 0 aliphatic carbocycles. The lowest BCUT2D eigenvalue weighted by atomic mass is 9.88. The van der Waals surface area contributed by atoms with Crippen LogP contribution in [0.2, 0.25) is 0 Å². The molecular weight excluding hydrogens is 266 g/mol. The van der Waals surface area contributed by atoms with Crippen LogP contribution in [0.25, 0.3) is 0 Å². The van der Waals surface area contributed by atoms with Gasteiger partial charge in [0.1, 0.15) is 0 Å². The standard InChI is InChI=1S/C17H23NO3/c1-10-7-6-8-12(11(10)2)15-13(16(20)21)9-14(19)18(15)17(3,4)5/h6-8,13,15H,9H2,1-5H3,(H,20,21). The van der Waals surface area contributed by atoms with Gasteiger partial charge in [0, 0.05) is 12.0 Å². The van der Waals surface area contributed by atoms with Crippen LogP contribution < -0.4 is 0 Å². The summed E-state index contributed by atoms with van der Waals surface area (Å²) in [6.45, 7) is 9.85. The maximum Gasteiger partial charge on any atom is 0.309 e. The number of hydrogen-bond acceptors (Lipinski definition) is 2. The second-order valence-corrected chi connectivity index (χ2v) is 6.82. The molecule has 21 heavy (non-hydrogen) atoms. The fourth-order valence-corrected chi connectivity index (χ4v) is 3.20. The lowest BCUT2D eigenvalue weighted by molar-refractivity contribution is -0.142. The predicted molar refractivity (Wildman–Crippen MR) is 81.0 cm³/mol. The van der Waals surface area contributed by atoms with Crippen LogP contribution in [-0.4, -0.2) is 27.4 Å². The first-order valence-electron chi connectivity index (χ1n) is 7.25. The number of aliphatic carboxylic acids is 1. The number of amides is 1. The number of carbonyl (C=O) groups excluding carboxylic acids is 1. The van der Waals surface area contributed by atoms with Gasteiger partial charge in [-0.1, -0.05) is 18.2 Å². The highest BCUT2D eigenvalue weighted by molar-refractivity contribution is 5.88. The van der Waals surface area contributed by atoms with Crippen LogP contribution in [0.4, 0.5) is 0 Å². The van der Waals surface area contributed by atoms with Crippen LogP contribution in [0.15, 0.2) is 18.2 Å². The van der Waals surface area contributed by atoms with Crippen LogP contribution in [-0.2, 0) is 9.59 Å². The number of carbonyl (C=O) groups is 2. The molecule has 1 amide bonds. The van der Waals surface area contributed by atoms with Gasteiger partial charge in [-0.15, -0.1) is 0 Å². The van der Waals surface area contributed by atoms with Crippen molar-refractivity contribution in [2.75, 3.05) is 0 Å². The summed E-state index contributed by atoms with van der Waals surface area (Å²) in [5.74, 6) is -1.67. The van der Waals surface area contributed by atoms with Crippen molar-refractivity contribution in [3.8, 4) is 0 Å². The van der Waals surface area contributed by atoms with E-state index in [1.165, 1.54) is 0 Å². The Kier molecular flexibility index (Phi) is 3.83. The van der Waals surface area contributed by atoms with E-state index in [2.05, 4.69) is 0 Å². The van der Waals surface area contributed by atoms with Gasteiger partial charge in [0.25, 0.3) is 0 Å². The molecule has 1 aromatic carbocycles. The second-order valence-electron chi connectivity index (χ2n) is 6.82. The number of aryl methyl sites for hydroxylation is 1. The van der Waals surface area contributed by atoms with E-state index in [1.54, 1.807) is 4.90 Å². The summed E-state index contributed by atoms with van der Waals surface area (Å²) in [5, 5.41) is 9.53. The molecule has 1 aliphatic heterocycles. The molecule has 1 fully saturated rings. The number of benzene rings is 1. The summed E-state index contributed by atoms with van der Waals surface area (Å²) in [4.78, 5) is 25.7. The fourth-order valence-electron chi connectivity index (χ4n) is 3.20. The first-order chi connectivity index (χ1) is 9.64. The Balaban J connectivity index is 2.60. The van der Waals surface area contributed by atoms with Crippen molar-refractivity contribution in [1.82, 2.24) is 4.90 Å². The number of nitrogens with zero attached hydrogens (tertiary/aromatic N) is 1. The Bertz CT molecular complexity index is 586. The zero-order valence-electron chi connectivity index (χ0n) is 13.3. The van der Waals surface area contributed by atoms with E-state index in [1.807, 2.05) is 52.8 Å². The molecule has 2 atom stereocenters. The number of carboxylic acid groups (broad SMARTS) is 1. The fraction of sp³-hybridized carbons (Fsp3) is 0.529. The first kappa shape index (κ1) is 15.5. The Hall–Kier alpha value is -1.84. The summed E-state index contributed by atoms with van der Waals surface area (Å²) >= 11 is 0. The topological polar surface area (TPSA) is 57.6 Å². The van der Waals surface area contributed by atoms with Crippen molar-refractivity contribution in [3.63, 3.8) is 0 Å². The van der Waals surface area contributed by atoms with Gasteiger partial charge in [-0.3, -0.25) is 9.59 Å². The van der Waals surface area contributed by atoms with Gasteiger partial charge in [-0.2, -0.15) is 0 Å². The van der Waals surface area contributed by atoms with Crippen molar-refractivity contribution < 1.29 is 14.7 Å². The molecule has 1 aliphatic rings. The average Bonchev–Trinajstić information content (AvgIpc) is 2.70. The van der Waals surface area contributed by atoms with E-state index in [0.717, 1.165) is 16.7 Å². The Morgan fingerprint density at radius 2 is 1.90 bits per heavy atom. The lowest BCUT2D eigenvalue weighted by Gasteiger charge is -2.39. The molecule has 1 N–H and O–H groups in total. The van der Waals surface area contributed by atoms with Gasteiger partial charge in [0.2, 0.25) is 5.91 Å². The number of rotatable bonds is 2. The van der Waals surface area contributed by atoms with Crippen molar-refractivity contribution in [3.05, 3.63) is 34.9 Å². The van der Waals surface area contributed by atoms with Crippen LogP contribution >= 0.6 is 0 Å². The van der Waals surface area contributed by atoms with Crippen molar-refractivity contribution in [2.45, 2.75) is 52.6 Å². The van der Waals surface area contributed by atoms with Crippen LogP contribution in [0, 0.1) is 19.8 Å². The predicted octanol–water partition coefficient (Wildman–Crippen LogP) is 3.08. The molecule has 1 aromatic rings. The monoisotopic (exact) mass is 289 g/mol. The third kappa shape index (κ3) is 2.67. The van der Waals surface area contributed by atoms with Crippen molar-refractivity contribution >= 4 is 11.9 Å². The molecule has 0 bridgehead atoms. The number of carboxylic acids is 1. The third-order valence-electron chi connectivity index (χ3n) is 4.33. The second kappa shape index (κ2) is 5.17. The van der Waals surface area contributed by atoms with Crippen LogP contribution in [0.5, 0.6) is 0 Å². The normalized spacial score (nSPS) is 22.7. The van der Waals surface area contributed by atoms with Crippen molar-refractivity contribution in [1.29, 1.82) is 0 Å². The molecule has 2 rings (SSSR count). The number of hydrogen-bond donors (Lipinski definition) is 1. The van der Waals surface area contributed by atoms with E-state index in [4.69, 9.17) is 0 Å². The maximum atomic E-state index is 12.4. The quantitative estimate of drug-likeness (QED) is 0.910. The van der Waals surface area contributed by atoms with Crippen molar-refractivity contribution in [2.24, 2.45) is 5.92 Å². The van der Waals surface area contributed by atoms with Crippen LogP contribution in [0.3, 0.4) is 0 Å². The number of likely N-dealkylation sites (tertiary alicyclic amines) is 1. The summed E-state index contributed by atoms with van der Waals surface area (Å²) in [6, 6.07) is 5.49. The molecule has 2 unspecified atom stereocenters. The van der Waals surface area contributed by atoms with E-state index in [-0.39, 0.29) is 12.3 Å². The maximum absolute atomic E-state index is 12.4. The SMILES string of the molecule is Cc1cccc(C2C(C(=O)O)CC(=O)N2C(C)(C)C)c1C. The van der Waals surface area contributed by atoms with E-state index >= 15 is 0 Å². The molecule has 0 aromatic heterocycles. The molecule has 0 radical (unpaired) electrons. The van der Waals surface area contributed by atoms with Gasteiger partial charge in [-0.25, -0.2) is 0 Å². The molecule has 1 heterocycles. The summed E-state index contributed by atoms with van der Waals surface area (Å²) in [5.41, 5.74) is 2.73. The minimum Gasteiger partial charge on any atom is -0.481 e. The Morgan fingerprint density at radius 3 is 2.43 bits per heavy atom. The van der Waals surface area contributed by atoms with E-state index < -0.39 is 23.5 Å². The molecule has 4 heteroatoms. The molecular formula is C17H23NO3. The third-order valence-corrected chi connectivity index (χ3v) is 4.33. The highest BCUT2D eigenvalue weighted by Gasteiger charge is 2.48. The summed E-state index contributed by atoms with van der Waals surface area (Å²) in [7, 11) is 0. The lowest BCUT2D eigenvalue weighted by Crippen LogP contribution is -2.44. The van der Waals surface area contributed by atoms with Gasteiger partial charge < -0.3 is 10.0 Å². The first-order valence-corrected chi connectivity index (χ1v) is 7.25. The smallest absolute Gasteiger partial charge is 0.309 e. The Labute approximate surface area is 125 Å². The zero-order chi connectivity index (χ0) is 15.9. The molecule has 114 valence electrons. The highest BCUT2D eigenvalue weighted by atomic mass is 16.4. The van der Waals surface area contributed by atoms with Gasteiger partial charge >= 0.3 is 5.97 Å². The minimum atomic E-state index is -0.902.